The van der Waals surface area contributed by atoms with Crippen LogP contribution in [0.1, 0.15) is 110 Å². The molecule has 6 aliphatic rings. The van der Waals surface area contributed by atoms with E-state index in [-0.39, 0.29) is 89.4 Å². The number of urea groups is 6. The first kappa shape index (κ1) is 93.5. The number of amides is 12. The Kier molecular flexibility index (Phi) is 28.8. The topological polar surface area (TPSA) is 325 Å². The van der Waals surface area contributed by atoms with Crippen LogP contribution in [0.2, 0.25) is 0 Å². The number of hydrogen-bond acceptors (Lipinski definition) is 19. The molecule has 3 N–H and O–H groups in total. The van der Waals surface area contributed by atoms with Crippen LogP contribution in [-0.4, -0.2) is 245 Å². The Bertz CT molecular complexity index is 4470. The predicted octanol–water partition coefficient (Wildman–Crippen LogP) is 12.0. The minimum Gasteiger partial charge on any atom is -0.371 e. The van der Waals surface area contributed by atoms with Gasteiger partial charge in [0.15, 0.2) is 42.8 Å². The smallest absolute Gasteiger partial charge is 0.371 e. The van der Waals surface area contributed by atoms with Crippen molar-refractivity contribution < 1.29 is 129 Å². The van der Waals surface area contributed by atoms with Gasteiger partial charge in [-0.1, -0.05) is 25.9 Å². The van der Waals surface area contributed by atoms with Crippen molar-refractivity contribution in [2.45, 2.75) is 180 Å². The van der Waals surface area contributed by atoms with Gasteiger partial charge in [-0.25, -0.2) is 63.4 Å². The monoisotopic (exact) mass is 1690 g/mol. The highest BCUT2D eigenvalue weighted by molar-refractivity contribution is 5.97. The first-order chi connectivity index (χ1) is 54.0. The summed E-state index contributed by atoms with van der Waals surface area (Å²) in [4.78, 5) is 106. The highest BCUT2D eigenvalue weighted by Crippen LogP contribution is 2.40. The third-order valence-electron chi connectivity index (χ3n) is 19.3. The van der Waals surface area contributed by atoms with Crippen molar-refractivity contribution in [2.24, 2.45) is 7.05 Å². The van der Waals surface area contributed by atoms with E-state index in [1.165, 1.54) is 60.4 Å². The number of aryl methyl sites for hydroxylation is 1. The molecule has 0 spiro atoms. The van der Waals surface area contributed by atoms with Crippen LogP contribution in [0.4, 0.5) is 130 Å². The van der Waals surface area contributed by atoms with E-state index in [4.69, 9.17) is 18.8 Å². The predicted molar refractivity (Wildman–Crippen MR) is 386 cm³/mol. The zero-order valence-corrected chi connectivity index (χ0v) is 66.1. The zero-order chi connectivity index (χ0) is 88.3. The molecule has 646 valence electrons. The molecule has 11 unspecified atom stereocenters. The first-order valence-electron chi connectivity index (χ1n) is 35.4. The van der Waals surface area contributed by atoms with Crippen LogP contribution in [-0.2, 0) is 57.7 Å². The highest BCUT2D eigenvalue weighted by Gasteiger charge is 2.51. The maximum absolute atomic E-state index is 12.7. The molecule has 32 nitrogen and oxygen atoms in total. The molecule has 0 aromatic carbocycles. The van der Waals surface area contributed by atoms with Crippen LogP contribution in [0.5, 0.6) is 0 Å². The van der Waals surface area contributed by atoms with E-state index in [9.17, 15) is 110 Å². The standard InChI is InChI=1S/C13H21N3O4.C12H14F3N3O3.C12H14F3N3O2.C12H14F3N3O.C11H12F3N3O.C10H13F3N4O2/c1-6-19-11-10(17)16(12(18)15(11)5)9-7-8(20-14-9)13(2,3)4;1-3-21-10-9(19)18(11(20)17(10)2)8-6-7(4-5-16-8)12(13,14)15;1-7-8(2)18(20-3)11(19)17(7)10-6-9(4-5-16-10)12(13,14)15;1-7-8(2)18(11(19)17(7)3)10-6-9(4-5-16-10)12(13,14)15;1-7-6-16(2)10(18)17(7)9-5-8(3-4-15-9)11(12,13)14;1-5-8(18)17(9(19)15(5)2)7-4-6(10(11,12)13)16(3)14-7/h7,10-11,17H,6H2,1-5H3;4-6,9-10,19H,3H2,1-2H3;4-8H,1-3H3;4-8H,1-3H3;3-5,7H,6H2,1-2H3;4-5,8,18H,1-3H3. The van der Waals surface area contributed by atoms with E-state index in [1.807, 2.05) is 34.6 Å². The second-order valence-corrected chi connectivity index (χ2v) is 28.1. The van der Waals surface area contributed by atoms with Gasteiger partial charge < -0.3 is 44.0 Å². The fourth-order valence-electron chi connectivity index (χ4n) is 12.3. The zero-order valence-electron chi connectivity index (χ0n) is 66.1. The molecule has 6 fully saturated rings. The Morgan fingerprint density at radius 2 is 0.769 bits per heavy atom. The number of nitrogens with zero attached hydrogens (tertiary/aromatic N) is 19. The lowest BCUT2D eigenvalue weighted by molar-refractivity contribution is -0.144. The summed E-state index contributed by atoms with van der Waals surface area (Å²) in [5, 5.41) is 38.9. The van der Waals surface area contributed by atoms with E-state index < -0.39 is 114 Å². The van der Waals surface area contributed by atoms with Gasteiger partial charge in [0.2, 0.25) is 0 Å². The molecule has 12 amide bonds. The Hall–Kier alpha value is -10.7. The quantitative estimate of drug-likeness (QED) is 0.101. The summed E-state index contributed by atoms with van der Waals surface area (Å²) < 4.78 is 206. The molecule has 0 bridgehead atoms. The number of aliphatic hydroxyl groups is 3. The fraction of sp³-hybridized carbons (Fsp3) is 0.543. The molecule has 12 heterocycles. The van der Waals surface area contributed by atoms with E-state index in [2.05, 4.69) is 30.2 Å². The van der Waals surface area contributed by atoms with Crippen molar-refractivity contribution in [2.75, 3.05) is 91.5 Å². The molecular formula is C70H88F15N19O13. The number of aromatic nitrogens is 7. The molecule has 6 saturated heterocycles. The molecule has 0 aliphatic carbocycles. The molecule has 47 heteroatoms. The molecular weight excluding hydrogens is 1600 g/mol. The minimum absolute atomic E-state index is 0.0310. The van der Waals surface area contributed by atoms with Crippen LogP contribution >= 0.6 is 0 Å². The number of hydroxylamine groups is 2. The lowest BCUT2D eigenvalue weighted by atomic mass is 9.93. The molecule has 6 aromatic rings. The number of anilines is 6. The van der Waals surface area contributed by atoms with Crippen molar-refractivity contribution in [3.05, 3.63) is 119 Å². The number of alkyl halides is 15. The number of hydrogen-bond donors (Lipinski definition) is 3. The van der Waals surface area contributed by atoms with Crippen molar-refractivity contribution in [1.29, 1.82) is 0 Å². The lowest BCUT2D eigenvalue weighted by Crippen LogP contribution is -2.38. The van der Waals surface area contributed by atoms with Crippen LogP contribution in [0.25, 0.3) is 0 Å². The van der Waals surface area contributed by atoms with E-state index >= 15 is 0 Å². The number of rotatable bonds is 11. The average molecular weight is 1690 g/mol. The summed E-state index contributed by atoms with van der Waals surface area (Å²) in [6, 6.07) is 4.70. The summed E-state index contributed by atoms with van der Waals surface area (Å²) in [6.45, 7) is 21.0. The first-order valence-corrected chi connectivity index (χ1v) is 35.4. The third-order valence-corrected chi connectivity index (χ3v) is 19.3. The Balaban J connectivity index is 0.000000194. The Labute approximate surface area is 659 Å². The number of aliphatic hydroxyl groups excluding tert-OH is 3. The molecule has 0 radical (unpaired) electrons. The second kappa shape index (κ2) is 36.1. The van der Waals surface area contributed by atoms with Gasteiger partial charge in [0.25, 0.3) is 0 Å². The normalized spacial score (nSPS) is 23.3. The Morgan fingerprint density at radius 3 is 1.08 bits per heavy atom. The van der Waals surface area contributed by atoms with Crippen LogP contribution in [0.3, 0.4) is 0 Å². The summed E-state index contributed by atoms with van der Waals surface area (Å²) in [6.07, 6.45) is -23.8. The van der Waals surface area contributed by atoms with Crippen molar-refractivity contribution in [3.8, 4) is 0 Å². The average Bonchev–Trinajstić information content (AvgIpc) is 1.58. The fourth-order valence-corrected chi connectivity index (χ4v) is 12.3. The molecule has 6 aliphatic heterocycles. The number of likely N-dealkylation sites (N-methyl/N-ethyl adjacent to an activating group) is 5. The van der Waals surface area contributed by atoms with Gasteiger partial charge in [0, 0.05) is 104 Å². The van der Waals surface area contributed by atoms with Gasteiger partial charge in [-0.05, 0) is 104 Å². The van der Waals surface area contributed by atoms with E-state index in [0.717, 1.165) is 100 Å². The van der Waals surface area contributed by atoms with Gasteiger partial charge in [-0.2, -0.15) is 76.0 Å². The second-order valence-electron chi connectivity index (χ2n) is 28.1. The molecule has 6 aromatic heterocycles. The minimum atomic E-state index is -4.56. The van der Waals surface area contributed by atoms with E-state index in [1.54, 1.807) is 68.8 Å². The lowest BCUT2D eigenvalue weighted by Gasteiger charge is -2.21. The SMILES string of the molecule is CC1C(C)N(c2cc(C(F)(F)F)ccn2)C(=O)N1C.CC1C(O)N(c2cc(C(F)(F)F)n(C)n2)C(=O)N1C.CC1CN(C)C(=O)N1c1cc(C(F)(F)F)ccn1.CCOC1C(O)N(c2cc(C(C)(C)C)on2)C(=O)N1C.CCOC1C(O)N(c2cc(C(F)(F)F)ccn2)C(=O)N1C.CON1C(=O)N(c2cc(C(F)(F)F)ccn2)C(C)C1C. The number of carbonyl (C=O) groups excluding carboxylic acids is 6. The summed E-state index contributed by atoms with van der Waals surface area (Å²) >= 11 is 0. The maximum atomic E-state index is 12.7. The van der Waals surface area contributed by atoms with Gasteiger partial charge in [0.05, 0.1) is 65.6 Å². The number of ether oxygens (including phenoxy) is 2. The highest BCUT2D eigenvalue weighted by atomic mass is 19.4. The molecule has 11 atom stereocenters. The molecule has 0 saturated carbocycles. The van der Waals surface area contributed by atoms with Crippen molar-refractivity contribution >= 4 is 71.1 Å². The van der Waals surface area contributed by atoms with Crippen LogP contribution in [0.15, 0.2) is 90.0 Å². The van der Waals surface area contributed by atoms with Gasteiger partial charge >= 0.3 is 67.1 Å². The van der Waals surface area contributed by atoms with Crippen LogP contribution < -0.4 is 29.4 Å². The van der Waals surface area contributed by atoms with Crippen molar-refractivity contribution in [3.63, 3.8) is 0 Å². The van der Waals surface area contributed by atoms with Gasteiger partial charge in [-0.3, -0.25) is 34.0 Å². The number of carbonyl (C=O) groups is 6. The Morgan fingerprint density at radius 1 is 0.419 bits per heavy atom. The van der Waals surface area contributed by atoms with Crippen LogP contribution in [0, 0.1) is 0 Å². The summed E-state index contributed by atoms with van der Waals surface area (Å²) in [7, 11) is 10.1. The molecule has 117 heavy (non-hydrogen) atoms. The summed E-state index contributed by atoms with van der Waals surface area (Å²) in [5.41, 5.74) is -4.60. The van der Waals surface area contributed by atoms with Gasteiger partial charge in [-0.15, -0.1) is 0 Å². The summed E-state index contributed by atoms with van der Waals surface area (Å²) in [5.74, 6) is 0.468. The van der Waals surface area contributed by atoms with Crippen molar-refractivity contribution in [1.82, 2.24) is 64.4 Å². The largest absolute Gasteiger partial charge is 0.433 e. The number of halogens is 15. The van der Waals surface area contributed by atoms with E-state index in [0.29, 0.717) is 35.5 Å². The molecule has 12 rings (SSSR count). The van der Waals surface area contributed by atoms with Gasteiger partial charge in [0.1, 0.15) is 34.7 Å². The third kappa shape index (κ3) is 20.5. The number of pyridine rings is 4. The maximum Gasteiger partial charge on any atom is 0.433 e.